The average molecular weight is 395 g/mol. The van der Waals surface area contributed by atoms with E-state index in [-0.39, 0.29) is 27.9 Å². The minimum atomic E-state index is -3.92. The summed E-state index contributed by atoms with van der Waals surface area (Å²) in [6, 6.07) is 3.70. The van der Waals surface area contributed by atoms with Crippen molar-refractivity contribution in [2.45, 2.75) is 6.61 Å². The van der Waals surface area contributed by atoms with Gasteiger partial charge in [-0.2, -0.15) is 4.68 Å². The fraction of sp³-hybridized carbons (Fsp3) is 0.143. The Balaban J connectivity index is 2.36. The molecule has 12 nitrogen and oxygen atoms in total. The molecule has 0 amide bonds. The lowest BCUT2D eigenvalue weighted by atomic mass is 10.2. The second-order valence-corrected chi connectivity index (χ2v) is 7.39. The van der Waals surface area contributed by atoms with Gasteiger partial charge in [0.05, 0.1) is 28.7 Å². The molecule has 0 saturated heterocycles. The number of aromatic nitrogens is 3. The number of sulfonamides is 1. The zero-order valence-corrected chi connectivity index (χ0v) is 14.6. The maximum Gasteiger partial charge on any atom is 0.348 e. The number of benzene rings is 1. The maximum atomic E-state index is 12.5. The number of hydrogen-bond acceptors (Lipinski definition) is 7. The minimum absolute atomic E-state index is 0.00209. The third-order valence-corrected chi connectivity index (χ3v) is 4.18. The highest BCUT2D eigenvalue weighted by Gasteiger charge is 2.20. The first-order chi connectivity index (χ1) is 12.6. The summed E-state index contributed by atoms with van der Waals surface area (Å²) in [5.41, 5.74) is -2.12. The molecule has 3 rings (SSSR count). The van der Waals surface area contributed by atoms with Gasteiger partial charge in [-0.05, 0) is 17.7 Å². The predicted octanol–water partition coefficient (Wildman–Crippen LogP) is -0.616. The van der Waals surface area contributed by atoms with Crippen LogP contribution in [0.1, 0.15) is 5.56 Å². The molecular weight excluding hydrogens is 382 g/mol. The number of rotatable bonds is 5. The molecule has 0 aliphatic carbocycles. The van der Waals surface area contributed by atoms with Crippen LogP contribution in [-0.4, -0.2) is 38.9 Å². The van der Waals surface area contributed by atoms with Crippen molar-refractivity contribution in [1.82, 2.24) is 14.2 Å². The summed E-state index contributed by atoms with van der Waals surface area (Å²) in [5, 5.41) is 20.4. The van der Waals surface area contributed by atoms with Crippen LogP contribution >= 0.6 is 0 Å². The molecule has 0 unspecified atom stereocenters. The Hall–Kier alpha value is -3.45. The number of H-pyrrole nitrogens is 1. The number of nitrogens with zero attached hydrogens (tertiary/aromatic N) is 3. The number of aliphatic hydroxyl groups excluding tert-OH is 1. The third-order valence-electron chi connectivity index (χ3n) is 3.66. The van der Waals surface area contributed by atoms with E-state index in [1.54, 1.807) is 4.83 Å². The molecule has 2 heterocycles. The number of nitro groups is 1. The number of aliphatic hydroxyl groups is 1. The van der Waals surface area contributed by atoms with Gasteiger partial charge in [0.15, 0.2) is 0 Å². The Morgan fingerprint density at radius 1 is 1.33 bits per heavy atom. The molecule has 1 aromatic carbocycles. The molecule has 0 spiro atoms. The highest BCUT2D eigenvalue weighted by atomic mass is 32.2. The predicted molar refractivity (Wildman–Crippen MR) is 94.9 cm³/mol. The first-order valence-electron chi connectivity index (χ1n) is 7.34. The van der Waals surface area contributed by atoms with E-state index in [2.05, 4.69) is 4.98 Å². The van der Waals surface area contributed by atoms with Crippen molar-refractivity contribution < 1.29 is 18.4 Å². The lowest BCUT2D eigenvalue weighted by Gasteiger charge is -2.09. The molecule has 0 atom stereocenters. The molecule has 0 aliphatic rings. The summed E-state index contributed by atoms with van der Waals surface area (Å²) in [5.74, 6) is 0. The highest BCUT2D eigenvalue weighted by Crippen LogP contribution is 2.27. The molecule has 13 heteroatoms. The molecule has 2 aromatic heterocycles. The molecule has 3 aromatic rings. The molecule has 0 bridgehead atoms. The lowest BCUT2D eigenvalue weighted by Crippen LogP contribution is -2.43. The highest BCUT2D eigenvalue weighted by molar-refractivity contribution is 7.91. The zero-order valence-electron chi connectivity index (χ0n) is 13.7. The van der Waals surface area contributed by atoms with Crippen molar-refractivity contribution in [3.63, 3.8) is 0 Å². The van der Waals surface area contributed by atoms with Gasteiger partial charge in [0.25, 0.3) is 11.2 Å². The summed E-state index contributed by atoms with van der Waals surface area (Å²) in [6.07, 6.45) is 3.66. The van der Waals surface area contributed by atoms with Gasteiger partial charge in [-0.15, -0.1) is 0 Å². The molecule has 27 heavy (non-hydrogen) atoms. The Morgan fingerprint density at radius 2 is 2.04 bits per heavy atom. The van der Waals surface area contributed by atoms with Crippen molar-refractivity contribution in [1.29, 1.82) is 0 Å². The van der Waals surface area contributed by atoms with Gasteiger partial charge in [0.2, 0.25) is 10.0 Å². The van der Waals surface area contributed by atoms with Crippen molar-refractivity contribution >= 4 is 26.6 Å². The van der Waals surface area contributed by atoms with Crippen LogP contribution in [0.2, 0.25) is 0 Å². The van der Waals surface area contributed by atoms with E-state index in [9.17, 15) is 28.1 Å². The second-order valence-electron chi connectivity index (χ2n) is 5.66. The van der Waals surface area contributed by atoms with Gasteiger partial charge >= 0.3 is 5.69 Å². The van der Waals surface area contributed by atoms with Crippen molar-refractivity contribution in [2.24, 2.45) is 0 Å². The summed E-state index contributed by atoms with van der Waals surface area (Å²) in [4.78, 5) is 39.3. The second kappa shape index (κ2) is 6.37. The quantitative estimate of drug-likeness (QED) is 0.382. The number of fused-ring (bicyclic) bond motifs is 1. The van der Waals surface area contributed by atoms with Gasteiger partial charge in [-0.3, -0.25) is 14.9 Å². The molecule has 0 saturated carbocycles. The third kappa shape index (κ3) is 3.45. The van der Waals surface area contributed by atoms with E-state index < -0.39 is 31.9 Å². The van der Waals surface area contributed by atoms with Gasteiger partial charge in [-0.1, -0.05) is 0 Å². The van der Waals surface area contributed by atoms with Gasteiger partial charge < -0.3 is 14.7 Å². The molecule has 0 radical (unpaired) electrons. The summed E-state index contributed by atoms with van der Waals surface area (Å²) < 4.78 is 24.3. The van der Waals surface area contributed by atoms with Gasteiger partial charge in [0.1, 0.15) is 5.69 Å². The monoisotopic (exact) mass is 395 g/mol. The van der Waals surface area contributed by atoms with E-state index >= 15 is 0 Å². The fourth-order valence-corrected chi connectivity index (χ4v) is 3.02. The van der Waals surface area contributed by atoms with Crippen LogP contribution in [0.5, 0.6) is 0 Å². The largest absolute Gasteiger partial charge is 0.392 e. The molecular formula is C14H13N5O7S. The Kier molecular flexibility index (Phi) is 4.33. The normalized spacial score (nSPS) is 11.6. The van der Waals surface area contributed by atoms with Crippen molar-refractivity contribution in [3.8, 4) is 5.69 Å². The van der Waals surface area contributed by atoms with Gasteiger partial charge in [-0.25, -0.2) is 18.0 Å². The minimum Gasteiger partial charge on any atom is -0.392 e. The lowest BCUT2D eigenvalue weighted by molar-refractivity contribution is -0.384. The van der Waals surface area contributed by atoms with E-state index in [1.807, 2.05) is 0 Å². The Morgan fingerprint density at radius 3 is 2.59 bits per heavy atom. The van der Waals surface area contributed by atoms with Crippen LogP contribution in [-0.2, 0) is 16.6 Å². The van der Waals surface area contributed by atoms with E-state index in [0.29, 0.717) is 5.56 Å². The first-order valence-corrected chi connectivity index (χ1v) is 9.23. The number of hydrogen-bond donors (Lipinski definition) is 3. The Bertz CT molecular complexity index is 1290. The van der Waals surface area contributed by atoms with E-state index in [1.165, 1.54) is 23.0 Å². The molecule has 3 N–H and O–H groups in total. The van der Waals surface area contributed by atoms with Crippen molar-refractivity contribution in [2.75, 3.05) is 11.1 Å². The van der Waals surface area contributed by atoms with Gasteiger partial charge in [0, 0.05) is 18.5 Å². The van der Waals surface area contributed by atoms with Crippen molar-refractivity contribution in [3.05, 3.63) is 67.1 Å². The summed E-state index contributed by atoms with van der Waals surface area (Å²) in [6.45, 7) is -0.285. The summed E-state index contributed by atoms with van der Waals surface area (Å²) >= 11 is 0. The van der Waals surface area contributed by atoms with Crippen LogP contribution in [0.4, 0.5) is 5.69 Å². The van der Waals surface area contributed by atoms with Crippen LogP contribution in [0.3, 0.4) is 0 Å². The first kappa shape index (κ1) is 18.3. The standard InChI is InChI=1S/C14H13N5O7S/c1-27(25,26)16-18-13(21)9-4-11(17-3-2-8(6-17)7-20)12(19(23)24)5-10(9)15-14(18)22/h2-6,16,20H,7H2,1H3,(H,15,22). The molecule has 142 valence electrons. The fourth-order valence-electron chi connectivity index (χ4n) is 2.53. The smallest absolute Gasteiger partial charge is 0.348 e. The topological polar surface area (TPSA) is 169 Å². The summed E-state index contributed by atoms with van der Waals surface area (Å²) in [7, 11) is -3.92. The Labute approximate surface area is 150 Å². The number of nitrogens with one attached hydrogen (secondary N) is 2. The average Bonchev–Trinajstić information content (AvgIpc) is 3.05. The SMILES string of the molecule is CS(=O)(=O)Nn1c(=O)[nH]c2cc([N+](=O)[O-])c(-n3ccc(CO)c3)cc2c1=O. The van der Waals surface area contributed by atoms with Crippen LogP contribution < -0.4 is 16.1 Å². The van der Waals surface area contributed by atoms with Crippen LogP contribution in [0, 0.1) is 10.1 Å². The molecule has 0 aliphatic heterocycles. The number of aromatic amines is 1. The van der Waals surface area contributed by atoms with Crippen LogP contribution in [0.25, 0.3) is 16.6 Å². The molecule has 0 fully saturated rings. The van der Waals surface area contributed by atoms with Crippen LogP contribution in [0.15, 0.2) is 40.2 Å². The number of nitro benzene ring substituents is 1. The zero-order chi connectivity index (χ0) is 19.9. The van der Waals surface area contributed by atoms with E-state index in [0.717, 1.165) is 18.4 Å². The van der Waals surface area contributed by atoms with E-state index in [4.69, 9.17) is 5.11 Å². The maximum absolute atomic E-state index is 12.5.